The number of benzene rings is 1. The summed E-state index contributed by atoms with van der Waals surface area (Å²) in [6.07, 6.45) is 0. The second-order valence-electron chi connectivity index (χ2n) is 5.02. The first kappa shape index (κ1) is 13.4. The number of hydrogen-bond donors (Lipinski definition) is 1. The van der Waals surface area contributed by atoms with Crippen LogP contribution in [0.5, 0.6) is 0 Å². The molecule has 2 aromatic rings. The van der Waals surface area contributed by atoms with Crippen molar-refractivity contribution < 1.29 is 9.21 Å². The van der Waals surface area contributed by atoms with Crippen molar-refractivity contribution in [3.8, 4) is 0 Å². The molecule has 1 heterocycles. The number of para-hydroxylation sites is 2. The van der Waals surface area contributed by atoms with Gasteiger partial charge in [-0.25, -0.2) is 4.79 Å². The Kier molecular flexibility index (Phi) is 3.74. The topological polar surface area (TPSA) is 64.2 Å². The van der Waals surface area contributed by atoms with Gasteiger partial charge in [0.1, 0.15) is 6.04 Å². The summed E-state index contributed by atoms with van der Waals surface area (Å²) in [5, 5.41) is 2.82. The Morgan fingerprint density at radius 3 is 2.68 bits per heavy atom. The summed E-state index contributed by atoms with van der Waals surface area (Å²) >= 11 is 0. The predicted octanol–water partition coefficient (Wildman–Crippen LogP) is 1.93. The first-order chi connectivity index (χ1) is 9.00. The molecule has 5 heteroatoms. The summed E-state index contributed by atoms with van der Waals surface area (Å²) < 4.78 is 6.50. The van der Waals surface area contributed by atoms with Crippen molar-refractivity contribution in [2.24, 2.45) is 5.92 Å². The van der Waals surface area contributed by atoms with Gasteiger partial charge in [-0.15, -0.1) is 0 Å². The molecule has 0 bridgehead atoms. The van der Waals surface area contributed by atoms with Gasteiger partial charge in [-0.05, 0) is 25.0 Å². The van der Waals surface area contributed by atoms with Gasteiger partial charge in [0.2, 0.25) is 5.91 Å². The van der Waals surface area contributed by atoms with E-state index in [2.05, 4.69) is 5.32 Å². The average Bonchev–Trinajstić information content (AvgIpc) is 2.70. The monoisotopic (exact) mass is 262 g/mol. The molecule has 1 atom stereocenters. The minimum atomic E-state index is -0.588. The van der Waals surface area contributed by atoms with E-state index in [1.54, 1.807) is 25.1 Å². The van der Waals surface area contributed by atoms with Crippen LogP contribution in [0.1, 0.15) is 26.8 Å². The molecular weight excluding hydrogens is 244 g/mol. The highest BCUT2D eigenvalue weighted by Gasteiger charge is 2.20. The van der Waals surface area contributed by atoms with Crippen LogP contribution in [-0.2, 0) is 4.79 Å². The van der Waals surface area contributed by atoms with E-state index < -0.39 is 11.8 Å². The zero-order valence-corrected chi connectivity index (χ0v) is 11.3. The molecule has 0 aliphatic carbocycles. The van der Waals surface area contributed by atoms with Gasteiger partial charge in [-0.3, -0.25) is 9.36 Å². The van der Waals surface area contributed by atoms with E-state index in [0.717, 1.165) is 0 Å². The highest BCUT2D eigenvalue weighted by molar-refractivity contribution is 5.82. The van der Waals surface area contributed by atoms with Gasteiger partial charge < -0.3 is 9.73 Å². The van der Waals surface area contributed by atoms with E-state index in [4.69, 9.17) is 4.42 Å². The van der Waals surface area contributed by atoms with Crippen LogP contribution in [0.2, 0.25) is 0 Å². The summed E-state index contributed by atoms with van der Waals surface area (Å²) in [4.78, 5) is 23.9. The molecule has 1 aromatic heterocycles. The van der Waals surface area contributed by atoms with Crippen LogP contribution in [0.4, 0.5) is 0 Å². The van der Waals surface area contributed by atoms with Crippen LogP contribution in [-0.4, -0.2) is 17.0 Å². The minimum Gasteiger partial charge on any atom is -0.408 e. The first-order valence-electron chi connectivity index (χ1n) is 6.38. The van der Waals surface area contributed by atoms with Gasteiger partial charge in [0.05, 0.1) is 5.52 Å². The van der Waals surface area contributed by atoms with Crippen LogP contribution in [0.15, 0.2) is 33.5 Å². The lowest BCUT2D eigenvalue weighted by Gasteiger charge is -2.14. The Hall–Kier alpha value is -2.04. The third-order valence-electron chi connectivity index (χ3n) is 2.97. The summed E-state index contributed by atoms with van der Waals surface area (Å²) in [5.41, 5.74) is 1.13. The molecule has 0 spiro atoms. The standard InChI is InChI=1S/C14H18N2O3/c1-9(2)8-15-13(17)10(3)16-11-6-4-5-7-12(11)19-14(16)18/h4-7,9-10H,8H2,1-3H3,(H,15,17). The molecule has 19 heavy (non-hydrogen) atoms. The lowest BCUT2D eigenvalue weighted by atomic mass is 10.2. The Morgan fingerprint density at radius 1 is 1.32 bits per heavy atom. The van der Waals surface area contributed by atoms with E-state index in [1.807, 2.05) is 19.9 Å². The van der Waals surface area contributed by atoms with Gasteiger partial charge >= 0.3 is 5.76 Å². The molecule has 0 saturated carbocycles. The van der Waals surface area contributed by atoms with Gasteiger partial charge in [0.15, 0.2) is 5.58 Å². The summed E-state index contributed by atoms with van der Waals surface area (Å²) in [6.45, 7) is 6.32. The first-order valence-corrected chi connectivity index (χ1v) is 6.38. The summed E-state index contributed by atoms with van der Waals surface area (Å²) in [7, 11) is 0. The number of oxazole rings is 1. The van der Waals surface area contributed by atoms with E-state index in [-0.39, 0.29) is 5.91 Å². The van der Waals surface area contributed by atoms with E-state index in [9.17, 15) is 9.59 Å². The quantitative estimate of drug-likeness (QED) is 0.915. The van der Waals surface area contributed by atoms with E-state index in [0.29, 0.717) is 23.6 Å². The molecule has 5 nitrogen and oxygen atoms in total. The van der Waals surface area contributed by atoms with Crippen molar-refractivity contribution in [3.63, 3.8) is 0 Å². The molecule has 102 valence electrons. The number of amides is 1. The zero-order chi connectivity index (χ0) is 14.0. The molecular formula is C14H18N2O3. The SMILES string of the molecule is CC(C)CNC(=O)C(C)n1c(=O)oc2ccccc21. The number of carbonyl (C=O) groups is 1. The maximum atomic E-state index is 12.0. The van der Waals surface area contributed by atoms with Crippen LogP contribution in [0.25, 0.3) is 11.1 Å². The second-order valence-corrected chi connectivity index (χ2v) is 5.02. The van der Waals surface area contributed by atoms with Gasteiger partial charge in [0, 0.05) is 6.54 Å². The fourth-order valence-electron chi connectivity index (χ4n) is 1.92. The average molecular weight is 262 g/mol. The summed E-state index contributed by atoms with van der Waals surface area (Å²) in [6, 6.07) is 6.50. The van der Waals surface area contributed by atoms with Crippen molar-refractivity contribution in [2.45, 2.75) is 26.8 Å². The third-order valence-corrected chi connectivity index (χ3v) is 2.97. The molecule has 2 rings (SSSR count). The fraction of sp³-hybridized carbons (Fsp3) is 0.429. The van der Waals surface area contributed by atoms with Gasteiger partial charge in [0.25, 0.3) is 0 Å². The molecule has 0 fully saturated rings. The van der Waals surface area contributed by atoms with Gasteiger partial charge in [-0.2, -0.15) is 0 Å². The Bertz CT molecular complexity index is 639. The molecule has 1 amide bonds. The fourth-order valence-corrected chi connectivity index (χ4v) is 1.92. The number of hydrogen-bond acceptors (Lipinski definition) is 3. The predicted molar refractivity (Wildman–Crippen MR) is 73.0 cm³/mol. The molecule has 1 N–H and O–H groups in total. The highest BCUT2D eigenvalue weighted by atomic mass is 16.4. The highest BCUT2D eigenvalue weighted by Crippen LogP contribution is 2.16. The number of rotatable bonds is 4. The third kappa shape index (κ3) is 2.70. The van der Waals surface area contributed by atoms with Crippen LogP contribution in [0.3, 0.4) is 0 Å². The maximum Gasteiger partial charge on any atom is 0.420 e. The molecule has 1 aromatic carbocycles. The normalized spacial score (nSPS) is 12.8. The Morgan fingerprint density at radius 2 is 2.00 bits per heavy atom. The van der Waals surface area contributed by atoms with Crippen molar-refractivity contribution in [3.05, 3.63) is 34.8 Å². The Labute approximate surface area is 111 Å². The van der Waals surface area contributed by atoms with E-state index in [1.165, 1.54) is 4.57 Å². The molecule has 1 unspecified atom stereocenters. The largest absolute Gasteiger partial charge is 0.420 e. The number of nitrogens with one attached hydrogen (secondary N) is 1. The van der Waals surface area contributed by atoms with E-state index >= 15 is 0 Å². The number of fused-ring (bicyclic) bond motifs is 1. The van der Waals surface area contributed by atoms with Crippen molar-refractivity contribution in [2.75, 3.05) is 6.54 Å². The lowest BCUT2D eigenvalue weighted by Crippen LogP contribution is -2.36. The lowest BCUT2D eigenvalue weighted by molar-refractivity contribution is -0.124. The molecule has 0 aliphatic rings. The minimum absolute atomic E-state index is 0.178. The number of nitrogens with zero attached hydrogens (tertiary/aromatic N) is 1. The number of aromatic nitrogens is 1. The van der Waals surface area contributed by atoms with Crippen LogP contribution >= 0.6 is 0 Å². The molecule has 0 saturated heterocycles. The van der Waals surface area contributed by atoms with Crippen molar-refractivity contribution in [1.29, 1.82) is 0 Å². The number of carbonyl (C=O) groups excluding carboxylic acids is 1. The molecule has 0 aliphatic heterocycles. The Balaban J connectivity index is 2.31. The second kappa shape index (κ2) is 5.30. The molecule has 0 radical (unpaired) electrons. The van der Waals surface area contributed by atoms with Crippen molar-refractivity contribution >= 4 is 17.0 Å². The zero-order valence-electron chi connectivity index (χ0n) is 11.3. The summed E-state index contributed by atoms with van der Waals surface area (Å²) in [5.74, 6) is -0.315. The van der Waals surface area contributed by atoms with Gasteiger partial charge in [-0.1, -0.05) is 26.0 Å². The van der Waals surface area contributed by atoms with Crippen molar-refractivity contribution in [1.82, 2.24) is 9.88 Å². The maximum absolute atomic E-state index is 12.0. The van der Waals surface area contributed by atoms with Crippen LogP contribution in [0, 0.1) is 5.92 Å². The smallest absolute Gasteiger partial charge is 0.408 e. The van der Waals surface area contributed by atoms with Crippen LogP contribution < -0.4 is 11.1 Å².